The minimum Gasteiger partial charge on any atom is -0.378 e. The van der Waals surface area contributed by atoms with Gasteiger partial charge in [-0.1, -0.05) is 18.2 Å². The quantitative estimate of drug-likeness (QED) is 0.837. The number of ether oxygens (including phenoxy) is 1. The van der Waals surface area contributed by atoms with Crippen LogP contribution in [0.15, 0.2) is 24.3 Å². The molecule has 0 saturated carbocycles. The monoisotopic (exact) mass is 220 g/mol. The van der Waals surface area contributed by atoms with Crippen molar-refractivity contribution in [3.8, 4) is 0 Å². The Morgan fingerprint density at radius 2 is 2.00 bits per heavy atom. The molecule has 16 heavy (non-hydrogen) atoms. The second-order valence-corrected chi connectivity index (χ2v) is 4.41. The Labute approximate surface area is 97.2 Å². The van der Waals surface area contributed by atoms with E-state index in [1.807, 2.05) is 0 Å². The summed E-state index contributed by atoms with van der Waals surface area (Å²) in [5, 5.41) is 0. The summed E-state index contributed by atoms with van der Waals surface area (Å²) in [6.07, 6.45) is 0.938. The third-order valence-electron chi connectivity index (χ3n) is 2.89. The Morgan fingerprint density at radius 1 is 1.31 bits per heavy atom. The van der Waals surface area contributed by atoms with Crippen molar-refractivity contribution in [2.75, 3.05) is 31.2 Å². The van der Waals surface area contributed by atoms with Crippen LogP contribution in [0.4, 0.5) is 5.69 Å². The first kappa shape index (κ1) is 11.4. The molecule has 0 bridgehead atoms. The van der Waals surface area contributed by atoms with Crippen molar-refractivity contribution in [1.82, 2.24) is 0 Å². The van der Waals surface area contributed by atoms with E-state index in [1.54, 1.807) is 0 Å². The summed E-state index contributed by atoms with van der Waals surface area (Å²) >= 11 is 0. The van der Waals surface area contributed by atoms with Gasteiger partial charge in [-0.05, 0) is 25.0 Å². The molecule has 1 aliphatic heterocycles. The molecule has 0 amide bonds. The molecule has 1 saturated heterocycles. The number of rotatable bonds is 3. The second-order valence-electron chi connectivity index (χ2n) is 4.41. The third kappa shape index (κ3) is 2.74. The van der Waals surface area contributed by atoms with Crippen molar-refractivity contribution < 1.29 is 4.74 Å². The molecule has 2 N–H and O–H groups in total. The van der Waals surface area contributed by atoms with Crippen LogP contribution < -0.4 is 10.6 Å². The molecule has 1 atom stereocenters. The van der Waals surface area contributed by atoms with Gasteiger partial charge in [-0.25, -0.2) is 0 Å². The van der Waals surface area contributed by atoms with Crippen LogP contribution in [0, 0.1) is 0 Å². The van der Waals surface area contributed by atoms with E-state index in [-0.39, 0.29) is 6.04 Å². The van der Waals surface area contributed by atoms with E-state index in [9.17, 15) is 0 Å². The van der Waals surface area contributed by atoms with Crippen LogP contribution in [-0.4, -0.2) is 32.3 Å². The summed E-state index contributed by atoms with van der Waals surface area (Å²) in [7, 11) is 0. The largest absolute Gasteiger partial charge is 0.378 e. The summed E-state index contributed by atoms with van der Waals surface area (Å²) in [6, 6.07) is 8.75. The van der Waals surface area contributed by atoms with E-state index >= 15 is 0 Å². The van der Waals surface area contributed by atoms with Gasteiger partial charge < -0.3 is 15.4 Å². The molecule has 1 aromatic carbocycles. The predicted molar refractivity (Wildman–Crippen MR) is 66.8 cm³/mol. The van der Waals surface area contributed by atoms with Gasteiger partial charge in [-0.15, -0.1) is 0 Å². The van der Waals surface area contributed by atoms with E-state index < -0.39 is 0 Å². The summed E-state index contributed by atoms with van der Waals surface area (Å²) < 4.78 is 5.38. The highest BCUT2D eigenvalue weighted by Crippen LogP contribution is 2.22. The fraction of sp³-hybridized carbons (Fsp3) is 0.538. The average Bonchev–Trinajstić information content (AvgIpc) is 2.30. The van der Waals surface area contributed by atoms with Gasteiger partial charge in [0.2, 0.25) is 0 Å². The van der Waals surface area contributed by atoms with Crippen molar-refractivity contribution in [3.63, 3.8) is 0 Å². The molecule has 1 aliphatic rings. The van der Waals surface area contributed by atoms with Crippen molar-refractivity contribution >= 4 is 5.69 Å². The number of hydrogen-bond acceptors (Lipinski definition) is 3. The minimum atomic E-state index is 0.210. The topological polar surface area (TPSA) is 38.5 Å². The Kier molecular flexibility index (Phi) is 3.80. The van der Waals surface area contributed by atoms with Crippen molar-refractivity contribution in [2.45, 2.75) is 19.4 Å². The Morgan fingerprint density at radius 3 is 2.69 bits per heavy atom. The Bertz CT molecular complexity index is 332. The van der Waals surface area contributed by atoms with Gasteiger partial charge >= 0.3 is 0 Å². The number of nitrogens with two attached hydrogens (primary N) is 1. The lowest BCUT2D eigenvalue weighted by molar-refractivity contribution is 0.122. The first-order valence-corrected chi connectivity index (χ1v) is 5.93. The van der Waals surface area contributed by atoms with Crippen molar-refractivity contribution in [1.29, 1.82) is 0 Å². The zero-order valence-electron chi connectivity index (χ0n) is 9.86. The summed E-state index contributed by atoms with van der Waals surface area (Å²) in [6.45, 7) is 5.67. The van der Waals surface area contributed by atoms with Gasteiger partial charge in [0.1, 0.15) is 0 Å². The van der Waals surface area contributed by atoms with Crippen LogP contribution in [0.25, 0.3) is 0 Å². The highest BCUT2D eigenvalue weighted by atomic mass is 16.5. The van der Waals surface area contributed by atoms with Gasteiger partial charge in [-0.2, -0.15) is 0 Å². The van der Waals surface area contributed by atoms with Crippen LogP contribution in [0.3, 0.4) is 0 Å². The van der Waals surface area contributed by atoms with Crippen LogP contribution >= 0.6 is 0 Å². The van der Waals surface area contributed by atoms with E-state index in [4.69, 9.17) is 10.5 Å². The van der Waals surface area contributed by atoms with E-state index in [0.717, 1.165) is 32.7 Å². The lowest BCUT2D eigenvalue weighted by atomic mass is 10.0. The fourth-order valence-corrected chi connectivity index (χ4v) is 2.14. The van der Waals surface area contributed by atoms with E-state index in [1.165, 1.54) is 11.3 Å². The summed E-state index contributed by atoms with van der Waals surface area (Å²) in [5.74, 6) is 0. The number of benzene rings is 1. The molecule has 0 unspecified atom stereocenters. The fourth-order valence-electron chi connectivity index (χ4n) is 2.14. The number of nitrogens with zero attached hydrogens (tertiary/aromatic N) is 1. The molecule has 0 aliphatic carbocycles. The minimum absolute atomic E-state index is 0.210. The molecule has 0 aromatic heterocycles. The average molecular weight is 220 g/mol. The zero-order chi connectivity index (χ0) is 11.4. The maximum atomic E-state index is 5.88. The molecule has 0 radical (unpaired) electrons. The number of morpholine rings is 1. The number of anilines is 1. The van der Waals surface area contributed by atoms with Crippen molar-refractivity contribution in [2.24, 2.45) is 5.73 Å². The van der Waals surface area contributed by atoms with Gasteiger partial charge in [0.25, 0.3) is 0 Å². The highest BCUT2D eigenvalue weighted by molar-refractivity contribution is 5.54. The number of hydrogen-bond donors (Lipinski definition) is 1. The molecule has 1 aromatic rings. The van der Waals surface area contributed by atoms with Crippen LogP contribution in [0.2, 0.25) is 0 Å². The Hall–Kier alpha value is -1.06. The van der Waals surface area contributed by atoms with Crippen LogP contribution in [0.1, 0.15) is 12.5 Å². The number of para-hydroxylation sites is 1. The first-order valence-electron chi connectivity index (χ1n) is 5.93. The molecular formula is C13H20N2O. The van der Waals surface area contributed by atoms with E-state index in [2.05, 4.69) is 36.1 Å². The second kappa shape index (κ2) is 5.32. The molecule has 0 spiro atoms. The maximum absolute atomic E-state index is 5.88. The first-order chi connectivity index (χ1) is 7.77. The van der Waals surface area contributed by atoms with Gasteiger partial charge in [0.15, 0.2) is 0 Å². The van der Waals surface area contributed by atoms with Crippen LogP contribution in [0.5, 0.6) is 0 Å². The van der Waals surface area contributed by atoms with E-state index in [0.29, 0.717) is 0 Å². The smallest absolute Gasteiger partial charge is 0.0642 e. The predicted octanol–water partition coefficient (Wildman–Crippen LogP) is 1.41. The molecule has 3 nitrogen and oxygen atoms in total. The molecule has 2 rings (SSSR count). The zero-order valence-corrected chi connectivity index (χ0v) is 9.86. The van der Waals surface area contributed by atoms with Crippen LogP contribution in [-0.2, 0) is 11.2 Å². The standard InChI is InChI=1S/C13H20N2O/c1-11(14)10-12-4-2-3-5-13(12)15-6-8-16-9-7-15/h2-5,11H,6-10,14H2,1H3/t11-/m0/s1. The Balaban J connectivity index is 2.17. The lowest BCUT2D eigenvalue weighted by Gasteiger charge is -2.31. The van der Waals surface area contributed by atoms with Gasteiger partial charge in [0, 0.05) is 24.8 Å². The highest BCUT2D eigenvalue weighted by Gasteiger charge is 2.14. The normalized spacial score (nSPS) is 18.5. The third-order valence-corrected chi connectivity index (χ3v) is 2.89. The SMILES string of the molecule is C[C@H](N)Cc1ccccc1N1CCOCC1. The molecule has 1 heterocycles. The van der Waals surface area contributed by atoms with Crippen molar-refractivity contribution in [3.05, 3.63) is 29.8 Å². The lowest BCUT2D eigenvalue weighted by Crippen LogP contribution is -2.37. The summed E-state index contributed by atoms with van der Waals surface area (Å²) in [4.78, 5) is 2.39. The summed E-state index contributed by atoms with van der Waals surface area (Å²) in [5.41, 5.74) is 8.55. The molecule has 88 valence electrons. The van der Waals surface area contributed by atoms with Gasteiger partial charge in [-0.3, -0.25) is 0 Å². The molecule has 3 heteroatoms. The molecule has 1 fully saturated rings. The maximum Gasteiger partial charge on any atom is 0.0642 e. The van der Waals surface area contributed by atoms with Gasteiger partial charge in [0.05, 0.1) is 13.2 Å². The molecular weight excluding hydrogens is 200 g/mol.